The molecule has 8 N–H and O–H groups in total. The molecule has 14 heteroatoms. The van der Waals surface area contributed by atoms with Crippen molar-refractivity contribution in [3.8, 4) is 0 Å². The Morgan fingerprint density at radius 1 is 1.06 bits per heavy atom. The smallest absolute Gasteiger partial charge is 0.252 e. The summed E-state index contributed by atoms with van der Waals surface area (Å²) < 4.78 is 7.19. The molecule has 2 aliphatic heterocycles. The fourth-order valence-corrected chi connectivity index (χ4v) is 4.14. The molecule has 0 radical (unpaired) electrons. The lowest BCUT2D eigenvalue weighted by Gasteiger charge is -2.24. The Morgan fingerprint density at radius 2 is 1.74 bits per heavy atom. The van der Waals surface area contributed by atoms with Gasteiger partial charge in [-0.1, -0.05) is 0 Å². The van der Waals surface area contributed by atoms with Crippen molar-refractivity contribution in [2.24, 2.45) is 0 Å². The highest BCUT2D eigenvalue weighted by molar-refractivity contribution is 5.82. The largest absolute Gasteiger partial charge is 0.387 e. The van der Waals surface area contributed by atoms with Crippen LogP contribution in [0.3, 0.4) is 0 Å². The second kappa shape index (κ2) is 11.8. The minimum Gasteiger partial charge on any atom is -0.387 e. The molecule has 0 bridgehead atoms. The number of ether oxygens (including phenoxy) is 1. The maximum Gasteiger partial charge on any atom is 0.252 e. The third kappa shape index (κ3) is 5.78. The molecule has 0 spiro atoms. The van der Waals surface area contributed by atoms with E-state index in [1.807, 2.05) is 0 Å². The van der Waals surface area contributed by atoms with Gasteiger partial charge in [0.15, 0.2) is 23.8 Å². The second-order valence-electron chi connectivity index (χ2n) is 8.39. The molecule has 2 saturated heterocycles. The summed E-state index contributed by atoms with van der Waals surface area (Å²) in [5, 5.41) is 34.0. The number of aliphatic hydroxyl groups excluding tert-OH is 2. The van der Waals surface area contributed by atoms with Crippen molar-refractivity contribution in [1.82, 2.24) is 45.7 Å². The normalized spacial score (nSPS) is 27.8. The molecule has 0 aromatic carbocycles. The fraction of sp³-hybridized carbons (Fsp3) is 0.700. The van der Waals surface area contributed by atoms with Crippen LogP contribution in [0.15, 0.2) is 12.7 Å². The lowest BCUT2D eigenvalue weighted by Crippen LogP contribution is -2.47. The minimum atomic E-state index is -1.40. The van der Waals surface area contributed by atoms with E-state index in [1.54, 1.807) is 0 Å². The van der Waals surface area contributed by atoms with Gasteiger partial charge in [0, 0.05) is 65.4 Å². The summed E-state index contributed by atoms with van der Waals surface area (Å²) in [6.07, 6.45) is -2.33. The first-order valence-corrected chi connectivity index (χ1v) is 11.6. The van der Waals surface area contributed by atoms with Crippen LogP contribution in [0.1, 0.15) is 6.23 Å². The highest BCUT2D eigenvalue weighted by atomic mass is 16.6. The van der Waals surface area contributed by atoms with Crippen LogP contribution in [0.5, 0.6) is 0 Å². The number of fused-ring (bicyclic) bond motifs is 1. The molecule has 2 aromatic rings. The number of imidazole rings is 1. The number of hydrogen-bond acceptors (Lipinski definition) is 12. The lowest BCUT2D eigenvalue weighted by atomic mass is 10.1. The number of hydrogen-bond donors (Lipinski definition) is 7. The summed E-state index contributed by atoms with van der Waals surface area (Å²) in [5.74, 6) is -0.292. The SMILES string of the molecule is Nc1ncnc2c1ncn2[C@@H]1O[C@H](C(=O)NCCN2CCNCCNCCNCC2)[C@@H](O)[C@H]1O. The van der Waals surface area contributed by atoms with Crippen LogP contribution in [0.2, 0.25) is 0 Å². The second-order valence-corrected chi connectivity index (χ2v) is 8.39. The summed E-state index contributed by atoms with van der Waals surface area (Å²) in [7, 11) is 0. The number of aliphatic hydroxyl groups is 2. The number of carbonyl (C=O) groups excluding carboxylic acids is 1. The molecule has 2 fully saturated rings. The fourth-order valence-electron chi connectivity index (χ4n) is 4.14. The zero-order chi connectivity index (χ0) is 23.9. The number of carbonyl (C=O) groups is 1. The topological polar surface area (TPSA) is 188 Å². The predicted octanol–water partition coefficient (Wildman–Crippen LogP) is -3.77. The van der Waals surface area contributed by atoms with Crippen LogP contribution in [0, 0.1) is 0 Å². The lowest BCUT2D eigenvalue weighted by molar-refractivity contribution is -0.137. The molecule has 4 heterocycles. The molecule has 14 nitrogen and oxygen atoms in total. The Morgan fingerprint density at radius 3 is 2.44 bits per heavy atom. The van der Waals surface area contributed by atoms with Crippen molar-refractivity contribution in [2.75, 3.05) is 71.2 Å². The van der Waals surface area contributed by atoms with Gasteiger partial charge in [-0.15, -0.1) is 0 Å². The zero-order valence-electron chi connectivity index (χ0n) is 19.1. The Bertz CT molecular complexity index is 931. The van der Waals surface area contributed by atoms with E-state index in [1.165, 1.54) is 17.2 Å². The number of nitrogens with two attached hydrogens (primary N) is 1. The number of aromatic nitrogens is 4. The van der Waals surface area contributed by atoms with E-state index in [0.29, 0.717) is 24.3 Å². The average molecular weight is 479 g/mol. The number of nitrogen functional groups attached to an aromatic ring is 1. The van der Waals surface area contributed by atoms with Crippen molar-refractivity contribution < 1.29 is 19.7 Å². The molecule has 2 aliphatic rings. The number of rotatable bonds is 5. The molecule has 188 valence electrons. The maximum atomic E-state index is 12.8. The van der Waals surface area contributed by atoms with E-state index in [4.69, 9.17) is 10.5 Å². The van der Waals surface area contributed by atoms with Crippen LogP contribution in [0.4, 0.5) is 5.82 Å². The van der Waals surface area contributed by atoms with Crippen LogP contribution < -0.4 is 27.0 Å². The highest BCUT2D eigenvalue weighted by Gasteiger charge is 2.47. The zero-order valence-corrected chi connectivity index (χ0v) is 19.1. The van der Waals surface area contributed by atoms with Gasteiger partial charge in [-0.05, 0) is 0 Å². The molecule has 0 aliphatic carbocycles. The van der Waals surface area contributed by atoms with Gasteiger partial charge in [-0.3, -0.25) is 14.3 Å². The third-order valence-electron chi connectivity index (χ3n) is 6.05. The van der Waals surface area contributed by atoms with Gasteiger partial charge in [0.05, 0.1) is 6.33 Å². The first-order chi connectivity index (χ1) is 16.6. The first-order valence-electron chi connectivity index (χ1n) is 11.6. The Kier molecular flexibility index (Phi) is 8.55. The molecular weight excluding hydrogens is 444 g/mol. The van der Waals surface area contributed by atoms with Crippen molar-refractivity contribution in [1.29, 1.82) is 0 Å². The first kappa shape index (κ1) is 24.7. The van der Waals surface area contributed by atoms with E-state index in [-0.39, 0.29) is 5.82 Å². The van der Waals surface area contributed by atoms with Gasteiger partial charge in [-0.25, -0.2) is 15.0 Å². The molecule has 4 rings (SSSR count). The average Bonchev–Trinajstić information content (AvgIpc) is 3.37. The number of amides is 1. The number of anilines is 1. The predicted molar refractivity (Wildman–Crippen MR) is 124 cm³/mol. The van der Waals surface area contributed by atoms with Gasteiger partial charge >= 0.3 is 0 Å². The van der Waals surface area contributed by atoms with Gasteiger partial charge in [0.25, 0.3) is 5.91 Å². The summed E-state index contributed by atoms with van der Waals surface area (Å²) in [6, 6.07) is 0. The molecule has 0 saturated carbocycles. The van der Waals surface area contributed by atoms with Crippen LogP contribution in [-0.4, -0.2) is 124 Å². The molecule has 2 aromatic heterocycles. The standard InChI is InChI=1S/C20H34N10O4/c21-17-13-18(27-11-26-17)30(12-28-13)20-15(32)14(31)16(34-20)19(33)25-7-10-29-8-5-23-3-1-22-2-4-24-6-9-29/h11-12,14-16,20,22-24,31-32H,1-10H2,(H,25,33)(H2,21,26,27)/t14-,15+,16-,20+/m0/s1. The van der Waals surface area contributed by atoms with Gasteiger partial charge < -0.3 is 42.0 Å². The van der Waals surface area contributed by atoms with Crippen molar-refractivity contribution >= 4 is 22.9 Å². The van der Waals surface area contributed by atoms with Gasteiger partial charge in [0.1, 0.15) is 24.1 Å². The van der Waals surface area contributed by atoms with E-state index < -0.39 is 30.4 Å². The Labute approximate surface area is 197 Å². The summed E-state index contributed by atoms with van der Waals surface area (Å²) >= 11 is 0. The van der Waals surface area contributed by atoms with Crippen molar-refractivity contribution in [3.63, 3.8) is 0 Å². The van der Waals surface area contributed by atoms with Crippen LogP contribution in [0.25, 0.3) is 11.2 Å². The van der Waals surface area contributed by atoms with E-state index >= 15 is 0 Å². The molecule has 0 unspecified atom stereocenters. The highest BCUT2D eigenvalue weighted by Crippen LogP contribution is 2.32. The van der Waals surface area contributed by atoms with Crippen LogP contribution >= 0.6 is 0 Å². The number of nitrogens with zero attached hydrogens (tertiary/aromatic N) is 5. The maximum absolute atomic E-state index is 12.8. The molecule has 4 atom stereocenters. The summed E-state index contributed by atoms with van der Waals surface area (Å²) in [6.45, 7) is 8.19. The summed E-state index contributed by atoms with van der Waals surface area (Å²) in [5.41, 5.74) is 6.51. The van der Waals surface area contributed by atoms with Crippen molar-refractivity contribution in [3.05, 3.63) is 12.7 Å². The Balaban J connectivity index is 1.30. The number of nitrogens with one attached hydrogen (secondary N) is 4. The monoisotopic (exact) mass is 478 g/mol. The molecule has 34 heavy (non-hydrogen) atoms. The van der Waals surface area contributed by atoms with Gasteiger partial charge in [0.2, 0.25) is 0 Å². The van der Waals surface area contributed by atoms with E-state index in [2.05, 4.69) is 41.1 Å². The van der Waals surface area contributed by atoms with E-state index in [0.717, 1.165) is 52.4 Å². The summed E-state index contributed by atoms with van der Waals surface area (Å²) in [4.78, 5) is 27.2. The van der Waals surface area contributed by atoms with Crippen LogP contribution in [-0.2, 0) is 9.53 Å². The quantitative estimate of drug-likeness (QED) is 0.223. The molecular formula is C20H34N10O4. The minimum absolute atomic E-state index is 0.190. The Hall–Kier alpha value is -2.46. The van der Waals surface area contributed by atoms with E-state index in [9.17, 15) is 15.0 Å². The van der Waals surface area contributed by atoms with Gasteiger partial charge in [-0.2, -0.15) is 0 Å². The van der Waals surface area contributed by atoms with Crippen molar-refractivity contribution in [2.45, 2.75) is 24.5 Å². The molecule has 1 amide bonds. The third-order valence-corrected chi connectivity index (χ3v) is 6.05.